The number of carboxylic acids is 1. The highest BCUT2D eigenvalue weighted by molar-refractivity contribution is 5.74. The van der Waals surface area contributed by atoms with E-state index >= 15 is 0 Å². The maximum Gasteiger partial charge on any atom is 0.320 e. The maximum atomic E-state index is 11.1. The summed E-state index contributed by atoms with van der Waals surface area (Å²) in [6.45, 7) is 0.853. The van der Waals surface area contributed by atoms with E-state index in [1.807, 2.05) is 0 Å². The predicted molar refractivity (Wildman–Crippen MR) is 60.3 cm³/mol. The van der Waals surface area contributed by atoms with Crippen LogP contribution in [0.25, 0.3) is 0 Å². The molecule has 1 heterocycles. The second kappa shape index (κ2) is 5.15. The molecule has 4 nitrogen and oxygen atoms in total. The summed E-state index contributed by atoms with van der Waals surface area (Å²) < 4.78 is 5.34. The first kappa shape index (κ1) is 11.9. The standard InChI is InChI=1S/C12H21NO3/c1-16-9-4-2-8(3-5-9)10-6-7-13-11(10)12(14)15/h8-11,13H,2-7H2,1H3,(H,14,15)/t8-,9-,10-,11-/m0/s1. The van der Waals surface area contributed by atoms with E-state index in [1.165, 1.54) is 0 Å². The third kappa shape index (κ3) is 2.38. The Morgan fingerprint density at radius 2 is 1.94 bits per heavy atom. The zero-order chi connectivity index (χ0) is 11.5. The SMILES string of the molecule is CO[C@H]1CC[C@H]([C@@H]2CCN[C@@H]2C(=O)O)CC1. The lowest BCUT2D eigenvalue weighted by molar-refractivity contribution is -0.140. The van der Waals surface area contributed by atoms with Gasteiger partial charge in [0.2, 0.25) is 0 Å². The predicted octanol–water partition coefficient (Wildman–Crippen LogP) is 1.25. The van der Waals surface area contributed by atoms with Crippen LogP contribution in [0, 0.1) is 11.8 Å². The van der Waals surface area contributed by atoms with E-state index in [0.717, 1.165) is 38.6 Å². The Bertz CT molecular complexity index is 249. The van der Waals surface area contributed by atoms with Gasteiger partial charge in [-0.05, 0) is 50.5 Å². The lowest BCUT2D eigenvalue weighted by Gasteiger charge is -2.32. The molecule has 0 bridgehead atoms. The highest BCUT2D eigenvalue weighted by atomic mass is 16.5. The summed E-state index contributed by atoms with van der Waals surface area (Å²) in [6, 6.07) is -0.316. The van der Waals surface area contributed by atoms with Crippen molar-refractivity contribution in [2.45, 2.75) is 44.2 Å². The van der Waals surface area contributed by atoms with Gasteiger partial charge in [-0.2, -0.15) is 0 Å². The van der Waals surface area contributed by atoms with E-state index in [1.54, 1.807) is 7.11 Å². The van der Waals surface area contributed by atoms with Crippen molar-refractivity contribution in [3.8, 4) is 0 Å². The van der Waals surface area contributed by atoms with Crippen LogP contribution >= 0.6 is 0 Å². The molecule has 2 N–H and O–H groups in total. The van der Waals surface area contributed by atoms with Crippen molar-refractivity contribution in [2.24, 2.45) is 11.8 Å². The highest BCUT2D eigenvalue weighted by Gasteiger charge is 2.39. The molecule has 0 aromatic heterocycles. The monoisotopic (exact) mass is 227 g/mol. The second-order valence-electron chi connectivity index (χ2n) is 5.00. The maximum absolute atomic E-state index is 11.1. The number of hydrogen-bond donors (Lipinski definition) is 2. The van der Waals surface area contributed by atoms with Crippen molar-refractivity contribution in [1.82, 2.24) is 5.32 Å². The molecule has 0 radical (unpaired) electrons. The fourth-order valence-corrected chi connectivity index (χ4v) is 3.25. The zero-order valence-electron chi connectivity index (χ0n) is 9.82. The van der Waals surface area contributed by atoms with Crippen molar-refractivity contribution in [3.05, 3.63) is 0 Å². The van der Waals surface area contributed by atoms with Crippen LogP contribution in [-0.2, 0) is 9.53 Å². The van der Waals surface area contributed by atoms with Gasteiger partial charge in [-0.1, -0.05) is 0 Å². The van der Waals surface area contributed by atoms with Gasteiger partial charge in [0, 0.05) is 7.11 Å². The van der Waals surface area contributed by atoms with E-state index in [0.29, 0.717) is 17.9 Å². The van der Waals surface area contributed by atoms with Gasteiger partial charge < -0.3 is 15.2 Å². The Labute approximate surface area is 96.4 Å². The third-order valence-corrected chi connectivity index (χ3v) is 4.19. The Morgan fingerprint density at radius 1 is 1.25 bits per heavy atom. The van der Waals surface area contributed by atoms with Crippen LogP contribution in [0.3, 0.4) is 0 Å². The summed E-state index contributed by atoms with van der Waals surface area (Å²) in [6.07, 6.45) is 5.82. The summed E-state index contributed by atoms with van der Waals surface area (Å²) in [4.78, 5) is 11.1. The largest absolute Gasteiger partial charge is 0.480 e. The van der Waals surface area contributed by atoms with Gasteiger partial charge in [-0.15, -0.1) is 0 Å². The molecule has 0 aromatic carbocycles. The lowest BCUT2D eigenvalue weighted by Crippen LogP contribution is -2.39. The minimum Gasteiger partial charge on any atom is -0.480 e. The number of hydrogen-bond acceptors (Lipinski definition) is 3. The van der Waals surface area contributed by atoms with E-state index in [2.05, 4.69) is 5.32 Å². The van der Waals surface area contributed by atoms with Gasteiger partial charge in [-0.3, -0.25) is 4.79 Å². The number of methoxy groups -OCH3 is 1. The van der Waals surface area contributed by atoms with Crippen LogP contribution in [0.2, 0.25) is 0 Å². The number of rotatable bonds is 3. The number of nitrogens with one attached hydrogen (secondary N) is 1. The fourth-order valence-electron chi connectivity index (χ4n) is 3.25. The van der Waals surface area contributed by atoms with Crippen molar-refractivity contribution >= 4 is 5.97 Å². The molecule has 0 unspecified atom stereocenters. The van der Waals surface area contributed by atoms with Gasteiger partial charge in [-0.25, -0.2) is 0 Å². The molecular formula is C12H21NO3. The van der Waals surface area contributed by atoms with Crippen LogP contribution in [0.4, 0.5) is 0 Å². The van der Waals surface area contributed by atoms with Crippen molar-refractivity contribution in [1.29, 1.82) is 0 Å². The smallest absolute Gasteiger partial charge is 0.320 e. The number of aliphatic carboxylic acids is 1. The summed E-state index contributed by atoms with van der Waals surface area (Å²) in [5.41, 5.74) is 0. The van der Waals surface area contributed by atoms with Crippen LogP contribution in [0.1, 0.15) is 32.1 Å². The number of carbonyl (C=O) groups is 1. The topological polar surface area (TPSA) is 58.6 Å². The Kier molecular flexibility index (Phi) is 3.82. The highest BCUT2D eigenvalue weighted by Crippen LogP contribution is 2.36. The molecule has 2 rings (SSSR count). The second-order valence-corrected chi connectivity index (χ2v) is 5.00. The average molecular weight is 227 g/mol. The van der Waals surface area contributed by atoms with Gasteiger partial charge in [0.25, 0.3) is 0 Å². The van der Waals surface area contributed by atoms with Crippen LogP contribution in [0.5, 0.6) is 0 Å². The number of carboxylic acid groups (broad SMARTS) is 1. The molecule has 4 heteroatoms. The van der Waals surface area contributed by atoms with Gasteiger partial charge >= 0.3 is 5.97 Å². The lowest BCUT2D eigenvalue weighted by atomic mass is 9.76. The van der Waals surface area contributed by atoms with E-state index in [-0.39, 0.29) is 6.04 Å². The van der Waals surface area contributed by atoms with Crippen LogP contribution < -0.4 is 5.32 Å². The summed E-state index contributed by atoms with van der Waals surface area (Å²) in [5.74, 6) is 0.217. The summed E-state index contributed by atoms with van der Waals surface area (Å²) >= 11 is 0. The summed E-state index contributed by atoms with van der Waals surface area (Å²) in [7, 11) is 1.77. The minimum atomic E-state index is -0.684. The quantitative estimate of drug-likeness (QED) is 0.762. The molecule has 1 aliphatic carbocycles. The molecule has 92 valence electrons. The molecule has 2 fully saturated rings. The molecule has 1 saturated heterocycles. The molecular weight excluding hydrogens is 206 g/mol. The van der Waals surface area contributed by atoms with E-state index in [4.69, 9.17) is 9.84 Å². The van der Waals surface area contributed by atoms with E-state index in [9.17, 15) is 4.79 Å². The normalized spacial score (nSPS) is 39.8. The molecule has 1 aliphatic heterocycles. The van der Waals surface area contributed by atoms with Crippen LogP contribution in [0.15, 0.2) is 0 Å². The van der Waals surface area contributed by atoms with Crippen molar-refractivity contribution < 1.29 is 14.6 Å². The average Bonchev–Trinajstić information content (AvgIpc) is 2.78. The zero-order valence-corrected chi connectivity index (χ0v) is 9.82. The molecule has 2 atom stereocenters. The molecule has 16 heavy (non-hydrogen) atoms. The number of ether oxygens (including phenoxy) is 1. The Hall–Kier alpha value is -0.610. The Balaban J connectivity index is 1.90. The third-order valence-electron chi connectivity index (χ3n) is 4.19. The minimum absolute atomic E-state index is 0.316. The fraction of sp³-hybridized carbons (Fsp3) is 0.917. The van der Waals surface area contributed by atoms with Crippen LogP contribution in [-0.4, -0.2) is 36.9 Å². The summed E-state index contributed by atoms with van der Waals surface area (Å²) in [5, 5.41) is 12.2. The molecule has 0 amide bonds. The van der Waals surface area contributed by atoms with Gasteiger partial charge in [0.05, 0.1) is 6.10 Å². The van der Waals surface area contributed by atoms with E-state index < -0.39 is 5.97 Å². The molecule has 0 spiro atoms. The van der Waals surface area contributed by atoms with Crippen molar-refractivity contribution in [2.75, 3.05) is 13.7 Å². The molecule has 2 aliphatic rings. The van der Waals surface area contributed by atoms with Gasteiger partial charge in [0.1, 0.15) is 6.04 Å². The Morgan fingerprint density at radius 3 is 2.50 bits per heavy atom. The van der Waals surface area contributed by atoms with Crippen molar-refractivity contribution in [3.63, 3.8) is 0 Å². The first-order valence-corrected chi connectivity index (χ1v) is 6.21. The first-order chi connectivity index (χ1) is 7.72. The first-order valence-electron chi connectivity index (χ1n) is 6.21. The molecule has 0 aromatic rings. The molecule has 1 saturated carbocycles. The van der Waals surface area contributed by atoms with Gasteiger partial charge in [0.15, 0.2) is 0 Å².